The van der Waals surface area contributed by atoms with Gasteiger partial charge in [0.1, 0.15) is 0 Å². The molecule has 1 atom stereocenters. The van der Waals surface area contributed by atoms with Crippen LogP contribution >= 0.6 is 22.9 Å². The zero-order valence-corrected chi connectivity index (χ0v) is 13.9. The highest BCUT2D eigenvalue weighted by molar-refractivity contribution is 7.10. The molecule has 0 aliphatic heterocycles. The fourth-order valence-electron chi connectivity index (χ4n) is 2.16. The van der Waals surface area contributed by atoms with Crippen molar-refractivity contribution in [3.05, 3.63) is 57.6 Å². The molecule has 0 radical (unpaired) electrons. The van der Waals surface area contributed by atoms with Crippen molar-refractivity contribution in [3.8, 4) is 11.4 Å². The van der Waals surface area contributed by atoms with Gasteiger partial charge >= 0.3 is 0 Å². The minimum absolute atomic E-state index is 0.307. The lowest BCUT2D eigenvalue weighted by atomic mass is 10.2. The summed E-state index contributed by atoms with van der Waals surface area (Å²) in [4.78, 5) is 7.95. The second-order valence-electron chi connectivity index (χ2n) is 5.13. The van der Waals surface area contributed by atoms with E-state index in [1.165, 1.54) is 4.88 Å². The van der Waals surface area contributed by atoms with Crippen molar-refractivity contribution in [2.24, 2.45) is 0 Å². The zero-order valence-electron chi connectivity index (χ0n) is 12.4. The molecule has 0 bridgehead atoms. The Morgan fingerprint density at radius 2 is 2.18 bits per heavy atom. The van der Waals surface area contributed by atoms with Gasteiger partial charge in [0.05, 0.1) is 6.54 Å². The lowest BCUT2D eigenvalue weighted by Gasteiger charge is -2.21. The number of hydrogen-bond donors (Lipinski definition) is 0. The number of benzene rings is 1. The highest BCUT2D eigenvalue weighted by atomic mass is 35.5. The third kappa shape index (κ3) is 3.38. The molecular weight excluding hydrogens is 318 g/mol. The highest BCUT2D eigenvalue weighted by Crippen LogP contribution is 2.25. The Morgan fingerprint density at radius 1 is 1.32 bits per heavy atom. The Labute approximate surface area is 138 Å². The van der Waals surface area contributed by atoms with E-state index in [2.05, 4.69) is 39.5 Å². The van der Waals surface area contributed by atoms with Crippen LogP contribution in [0.4, 0.5) is 0 Å². The molecule has 0 N–H and O–H groups in total. The maximum atomic E-state index is 5.99. The van der Waals surface area contributed by atoms with Gasteiger partial charge in [0.25, 0.3) is 0 Å². The van der Waals surface area contributed by atoms with Gasteiger partial charge in [-0.05, 0) is 37.6 Å². The topological polar surface area (TPSA) is 42.2 Å². The van der Waals surface area contributed by atoms with Crippen molar-refractivity contribution in [2.45, 2.75) is 19.5 Å². The number of hydrogen-bond acceptors (Lipinski definition) is 5. The average Bonchev–Trinajstić information content (AvgIpc) is 3.18. The molecule has 0 aliphatic carbocycles. The van der Waals surface area contributed by atoms with E-state index >= 15 is 0 Å². The van der Waals surface area contributed by atoms with Gasteiger partial charge in [0, 0.05) is 21.5 Å². The largest absolute Gasteiger partial charge is 0.338 e. The van der Waals surface area contributed by atoms with E-state index in [0.717, 1.165) is 5.56 Å². The van der Waals surface area contributed by atoms with Crippen molar-refractivity contribution in [3.63, 3.8) is 0 Å². The molecule has 1 aromatic carbocycles. The quantitative estimate of drug-likeness (QED) is 0.682. The zero-order chi connectivity index (χ0) is 15.5. The van der Waals surface area contributed by atoms with E-state index in [1.807, 2.05) is 31.3 Å². The number of nitrogens with zero attached hydrogens (tertiary/aromatic N) is 3. The van der Waals surface area contributed by atoms with Gasteiger partial charge in [-0.15, -0.1) is 11.3 Å². The predicted octanol–water partition coefficient (Wildman–Crippen LogP) is 4.64. The van der Waals surface area contributed by atoms with Gasteiger partial charge in [-0.3, -0.25) is 4.90 Å². The number of halogens is 1. The maximum Gasteiger partial charge on any atom is 0.241 e. The summed E-state index contributed by atoms with van der Waals surface area (Å²) in [5.41, 5.74) is 0.858. The van der Waals surface area contributed by atoms with Gasteiger partial charge in [-0.1, -0.05) is 35.0 Å². The van der Waals surface area contributed by atoms with Crippen LogP contribution in [-0.4, -0.2) is 22.1 Å². The summed E-state index contributed by atoms with van der Waals surface area (Å²) in [6.07, 6.45) is 0. The van der Waals surface area contributed by atoms with E-state index in [4.69, 9.17) is 16.1 Å². The third-order valence-electron chi connectivity index (χ3n) is 3.55. The predicted molar refractivity (Wildman–Crippen MR) is 88.9 cm³/mol. The van der Waals surface area contributed by atoms with E-state index in [0.29, 0.717) is 29.3 Å². The normalized spacial score (nSPS) is 12.7. The first kappa shape index (κ1) is 15.2. The summed E-state index contributed by atoms with van der Waals surface area (Å²) in [6, 6.07) is 11.9. The number of aromatic nitrogens is 2. The second-order valence-corrected chi connectivity index (χ2v) is 6.54. The molecule has 0 saturated heterocycles. The molecule has 3 aromatic rings. The van der Waals surface area contributed by atoms with Crippen molar-refractivity contribution >= 4 is 22.9 Å². The highest BCUT2D eigenvalue weighted by Gasteiger charge is 2.16. The molecule has 0 aliphatic rings. The minimum Gasteiger partial charge on any atom is -0.338 e. The summed E-state index contributed by atoms with van der Waals surface area (Å²) >= 11 is 7.74. The number of rotatable bonds is 5. The first-order chi connectivity index (χ1) is 10.6. The summed E-state index contributed by atoms with van der Waals surface area (Å²) < 4.78 is 5.35. The fraction of sp³-hybridized carbons (Fsp3) is 0.250. The Hall–Kier alpha value is -1.69. The monoisotopic (exact) mass is 333 g/mol. The standard InChI is InChI=1S/C16H16ClN3OS/c1-11(14-7-4-8-22-14)20(2)10-15-18-16(19-21-15)12-5-3-6-13(17)9-12/h3-9,11H,10H2,1-2H3/t11-/m1/s1. The lowest BCUT2D eigenvalue weighted by molar-refractivity contribution is 0.219. The summed E-state index contributed by atoms with van der Waals surface area (Å²) in [7, 11) is 2.05. The average molecular weight is 334 g/mol. The Balaban J connectivity index is 1.71. The van der Waals surface area contributed by atoms with Crippen LogP contribution in [0.5, 0.6) is 0 Å². The second kappa shape index (κ2) is 6.60. The SMILES string of the molecule is C[C@H](c1cccs1)N(C)Cc1nc(-c2cccc(Cl)c2)no1. The van der Waals surface area contributed by atoms with Gasteiger partial charge in [-0.25, -0.2) is 0 Å². The van der Waals surface area contributed by atoms with Crippen molar-refractivity contribution < 1.29 is 4.52 Å². The third-order valence-corrected chi connectivity index (χ3v) is 4.83. The number of thiophene rings is 1. The molecule has 22 heavy (non-hydrogen) atoms. The molecule has 0 amide bonds. The van der Waals surface area contributed by atoms with E-state index in [9.17, 15) is 0 Å². The smallest absolute Gasteiger partial charge is 0.241 e. The molecule has 114 valence electrons. The Bertz CT molecular complexity index is 741. The van der Waals surface area contributed by atoms with Crippen LogP contribution in [0.25, 0.3) is 11.4 Å². The molecule has 0 unspecified atom stereocenters. The van der Waals surface area contributed by atoms with Crippen LogP contribution in [0, 0.1) is 0 Å². The Morgan fingerprint density at radius 3 is 2.91 bits per heavy atom. The molecule has 0 saturated carbocycles. The molecule has 0 fully saturated rings. The van der Waals surface area contributed by atoms with Crippen molar-refractivity contribution in [2.75, 3.05) is 7.05 Å². The first-order valence-electron chi connectivity index (χ1n) is 6.95. The van der Waals surface area contributed by atoms with Crippen LogP contribution in [-0.2, 0) is 6.54 Å². The van der Waals surface area contributed by atoms with Crippen LogP contribution in [0.1, 0.15) is 23.7 Å². The molecular formula is C16H16ClN3OS. The molecule has 0 spiro atoms. The summed E-state index contributed by atoms with van der Waals surface area (Å²) in [5, 5.41) is 6.78. The molecule has 6 heteroatoms. The van der Waals surface area contributed by atoms with Crippen molar-refractivity contribution in [1.82, 2.24) is 15.0 Å². The van der Waals surface area contributed by atoms with E-state index in [-0.39, 0.29) is 0 Å². The van der Waals surface area contributed by atoms with Crippen LogP contribution in [0.15, 0.2) is 46.3 Å². The van der Waals surface area contributed by atoms with Crippen molar-refractivity contribution in [1.29, 1.82) is 0 Å². The molecule has 4 nitrogen and oxygen atoms in total. The first-order valence-corrected chi connectivity index (χ1v) is 8.21. The lowest BCUT2D eigenvalue weighted by Crippen LogP contribution is -2.21. The fourth-order valence-corrected chi connectivity index (χ4v) is 3.20. The van der Waals surface area contributed by atoms with Gasteiger partial charge in [-0.2, -0.15) is 4.98 Å². The van der Waals surface area contributed by atoms with Gasteiger partial charge in [0.2, 0.25) is 11.7 Å². The Kier molecular flexibility index (Phi) is 4.57. The summed E-state index contributed by atoms with van der Waals surface area (Å²) in [6.45, 7) is 2.77. The van der Waals surface area contributed by atoms with E-state index < -0.39 is 0 Å². The minimum atomic E-state index is 0.307. The maximum absolute atomic E-state index is 5.99. The van der Waals surface area contributed by atoms with Gasteiger partial charge in [0.15, 0.2) is 0 Å². The van der Waals surface area contributed by atoms with Crippen LogP contribution in [0.2, 0.25) is 5.02 Å². The molecule has 2 aromatic heterocycles. The van der Waals surface area contributed by atoms with Gasteiger partial charge < -0.3 is 4.52 Å². The van der Waals surface area contributed by atoms with Crippen LogP contribution < -0.4 is 0 Å². The van der Waals surface area contributed by atoms with Crippen LogP contribution in [0.3, 0.4) is 0 Å². The summed E-state index contributed by atoms with van der Waals surface area (Å²) in [5.74, 6) is 1.16. The molecule has 3 rings (SSSR count). The molecule has 2 heterocycles. The van der Waals surface area contributed by atoms with E-state index in [1.54, 1.807) is 11.3 Å².